The van der Waals surface area contributed by atoms with Crippen molar-refractivity contribution in [3.8, 4) is 6.07 Å². The Balaban J connectivity index is 1.70. The summed E-state index contributed by atoms with van der Waals surface area (Å²) >= 11 is 5.93. The molecule has 4 fully saturated rings. The molecule has 0 aromatic carbocycles. The Labute approximate surface area is 92.3 Å². The molecule has 0 spiro atoms. The molecular weight excluding hydrogens is 210 g/mol. The molecule has 2 aliphatic carbocycles. The van der Waals surface area contributed by atoms with Crippen LogP contribution in [0.3, 0.4) is 0 Å². The summed E-state index contributed by atoms with van der Waals surface area (Å²) in [6.45, 7) is 0.982. The Bertz CT molecular complexity index is 503. The minimum Gasteiger partial charge on any atom is -0.351 e. The zero-order chi connectivity index (χ0) is 10.2. The zero-order valence-corrected chi connectivity index (χ0v) is 8.65. The number of piperidine rings is 1. The quantitative estimate of drug-likeness (QED) is 0.719. The largest absolute Gasteiger partial charge is 0.351 e. The minimum atomic E-state index is 0.00397. The van der Waals surface area contributed by atoms with Crippen molar-refractivity contribution in [2.45, 2.75) is 6.04 Å². The second-order valence-corrected chi connectivity index (χ2v) is 5.04. The van der Waals surface area contributed by atoms with Gasteiger partial charge in [-0.15, -0.1) is 0 Å². The number of hydrogen-bond acceptors (Lipinski definition) is 3. The molecule has 2 saturated heterocycles. The predicted molar refractivity (Wildman–Crippen MR) is 55.4 cm³/mol. The standard InChI is InChI=1S/C11H8ClN3/c12-6-1-2-14-8(3-6)15-4-7-9-10(15)11(7,9)5-13/h1-3,7,9-10H,4H2/t7-,9-,10?,11+/m1/s1. The summed E-state index contributed by atoms with van der Waals surface area (Å²) < 4.78 is 0. The van der Waals surface area contributed by atoms with Gasteiger partial charge in [-0.05, 0) is 12.1 Å². The first kappa shape index (κ1) is 7.95. The van der Waals surface area contributed by atoms with E-state index in [1.165, 1.54) is 0 Å². The molecule has 5 rings (SSSR count). The summed E-state index contributed by atoms with van der Waals surface area (Å²) in [6.07, 6.45) is 1.72. The number of hydrogen-bond donors (Lipinski definition) is 0. The fraction of sp³-hybridized carbons (Fsp3) is 0.455. The molecule has 4 heteroatoms. The van der Waals surface area contributed by atoms with Gasteiger partial charge >= 0.3 is 0 Å². The number of nitriles is 1. The van der Waals surface area contributed by atoms with Gasteiger partial charge in [0.1, 0.15) is 5.82 Å². The summed E-state index contributed by atoms with van der Waals surface area (Å²) in [4.78, 5) is 6.55. The molecule has 2 aliphatic heterocycles. The lowest BCUT2D eigenvalue weighted by Crippen LogP contribution is -2.22. The van der Waals surface area contributed by atoms with E-state index in [0.717, 1.165) is 12.4 Å². The number of rotatable bonds is 1. The van der Waals surface area contributed by atoms with Gasteiger partial charge in [0.25, 0.3) is 0 Å². The number of halogens is 1. The average molecular weight is 218 g/mol. The lowest BCUT2D eigenvalue weighted by atomic mass is 10.1. The van der Waals surface area contributed by atoms with E-state index >= 15 is 0 Å². The maximum Gasteiger partial charge on any atom is 0.130 e. The minimum absolute atomic E-state index is 0.00397. The summed E-state index contributed by atoms with van der Waals surface area (Å²) in [7, 11) is 0. The molecule has 3 nitrogen and oxygen atoms in total. The van der Waals surface area contributed by atoms with Crippen LogP contribution in [-0.2, 0) is 0 Å². The van der Waals surface area contributed by atoms with E-state index in [9.17, 15) is 0 Å². The van der Waals surface area contributed by atoms with Gasteiger partial charge in [-0.1, -0.05) is 11.6 Å². The number of fused-ring (bicyclic) bond motifs is 1. The molecule has 3 heterocycles. The smallest absolute Gasteiger partial charge is 0.130 e. The molecule has 0 N–H and O–H groups in total. The van der Waals surface area contributed by atoms with Gasteiger partial charge in [-0.25, -0.2) is 4.98 Å². The second kappa shape index (κ2) is 2.12. The molecule has 2 bridgehead atoms. The molecule has 4 aliphatic rings. The van der Waals surface area contributed by atoms with Crippen LogP contribution in [0.1, 0.15) is 0 Å². The molecule has 15 heavy (non-hydrogen) atoms. The Kier molecular flexibility index (Phi) is 1.12. The van der Waals surface area contributed by atoms with Crippen LogP contribution in [0.2, 0.25) is 5.02 Å². The van der Waals surface area contributed by atoms with Gasteiger partial charge in [0.05, 0.1) is 17.5 Å². The molecule has 0 amide bonds. The van der Waals surface area contributed by atoms with E-state index in [2.05, 4.69) is 16.0 Å². The molecule has 74 valence electrons. The SMILES string of the molecule is N#C[C@@]12C3[C@H]1[C@H]2CN3c1cc(Cl)ccn1. The van der Waals surface area contributed by atoms with Crippen LogP contribution in [-0.4, -0.2) is 17.6 Å². The van der Waals surface area contributed by atoms with Gasteiger partial charge in [0, 0.05) is 29.6 Å². The van der Waals surface area contributed by atoms with Crippen molar-refractivity contribution in [2.24, 2.45) is 17.3 Å². The second-order valence-electron chi connectivity index (χ2n) is 4.61. The van der Waals surface area contributed by atoms with Gasteiger partial charge in [0.15, 0.2) is 0 Å². The van der Waals surface area contributed by atoms with Crippen molar-refractivity contribution in [2.75, 3.05) is 11.4 Å². The molecule has 2 saturated carbocycles. The summed E-state index contributed by atoms with van der Waals surface area (Å²) in [5, 5.41) is 9.80. The molecule has 1 aromatic heterocycles. The highest BCUT2D eigenvalue weighted by molar-refractivity contribution is 6.30. The highest BCUT2D eigenvalue weighted by Crippen LogP contribution is 2.85. The Morgan fingerprint density at radius 3 is 3.13 bits per heavy atom. The van der Waals surface area contributed by atoms with Crippen LogP contribution < -0.4 is 4.90 Å². The van der Waals surface area contributed by atoms with Crippen molar-refractivity contribution in [3.05, 3.63) is 23.4 Å². The summed E-state index contributed by atoms with van der Waals surface area (Å²) in [5.41, 5.74) is 0.00397. The van der Waals surface area contributed by atoms with Gasteiger partial charge in [-0.3, -0.25) is 0 Å². The van der Waals surface area contributed by atoms with E-state index in [0.29, 0.717) is 22.9 Å². The first-order valence-corrected chi connectivity index (χ1v) is 5.46. The molecule has 1 unspecified atom stereocenters. The Hall–Kier alpha value is -1.27. The van der Waals surface area contributed by atoms with Crippen LogP contribution in [0.25, 0.3) is 0 Å². The summed E-state index contributed by atoms with van der Waals surface area (Å²) in [6, 6.07) is 6.55. The topological polar surface area (TPSA) is 39.9 Å². The fourth-order valence-corrected chi connectivity index (χ4v) is 3.45. The van der Waals surface area contributed by atoms with Crippen LogP contribution in [0, 0.1) is 28.6 Å². The van der Waals surface area contributed by atoms with Crippen molar-refractivity contribution >= 4 is 17.4 Å². The van der Waals surface area contributed by atoms with E-state index in [-0.39, 0.29) is 5.41 Å². The lowest BCUT2D eigenvalue weighted by Gasteiger charge is -2.16. The van der Waals surface area contributed by atoms with Crippen molar-refractivity contribution in [1.29, 1.82) is 5.26 Å². The first-order valence-electron chi connectivity index (χ1n) is 5.08. The maximum atomic E-state index is 9.08. The highest BCUT2D eigenvalue weighted by Gasteiger charge is 2.93. The third kappa shape index (κ3) is 0.701. The van der Waals surface area contributed by atoms with E-state index < -0.39 is 0 Å². The van der Waals surface area contributed by atoms with Crippen molar-refractivity contribution in [1.82, 2.24) is 4.98 Å². The average Bonchev–Trinajstić information content (AvgIpc) is 2.96. The number of nitrogens with zero attached hydrogens (tertiary/aromatic N) is 3. The maximum absolute atomic E-state index is 9.08. The molecular formula is C11H8ClN3. The van der Waals surface area contributed by atoms with E-state index in [1.807, 2.05) is 6.07 Å². The number of aromatic nitrogens is 1. The van der Waals surface area contributed by atoms with Gasteiger partial charge in [0.2, 0.25) is 0 Å². The van der Waals surface area contributed by atoms with Crippen LogP contribution >= 0.6 is 11.6 Å². The van der Waals surface area contributed by atoms with Crippen LogP contribution in [0.15, 0.2) is 18.3 Å². The van der Waals surface area contributed by atoms with Crippen LogP contribution in [0.4, 0.5) is 5.82 Å². The first-order chi connectivity index (χ1) is 7.29. The third-order valence-electron chi connectivity index (χ3n) is 4.13. The van der Waals surface area contributed by atoms with Gasteiger partial charge < -0.3 is 4.90 Å². The van der Waals surface area contributed by atoms with Crippen molar-refractivity contribution < 1.29 is 0 Å². The zero-order valence-electron chi connectivity index (χ0n) is 7.89. The Morgan fingerprint density at radius 1 is 1.67 bits per heavy atom. The summed E-state index contributed by atoms with van der Waals surface area (Å²) in [5.74, 6) is 2.16. The normalized spacial score (nSPS) is 43.5. The van der Waals surface area contributed by atoms with Crippen molar-refractivity contribution in [3.63, 3.8) is 0 Å². The number of anilines is 1. The monoisotopic (exact) mass is 217 g/mol. The van der Waals surface area contributed by atoms with E-state index in [4.69, 9.17) is 16.9 Å². The highest BCUT2D eigenvalue weighted by atomic mass is 35.5. The molecule has 4 atom stereocenters. The van der Waals surface area contributed by atoms with Gasteiger partial charge in [-0.2, -0.15) is 5.26 Å². The van der Waals surface area contributed by atoms with E-state index in [1.54, 1.807) is 12.3 Å². The lowest BCUT2D eigenvalue weighted by molar-refractivity contribution is 0.662. The van der Waals surface area contributed by atoms with Crippen LogP contribution in [0.5, 0.6) is 0 Å². The molecule has 0 radical (unpaired) electrons. The number of pyridine rings is 1. The fourth-order valence-electron chi connectivity index (χ4n) is 3.30. The Morgan fingerprint density at radius 2 is 2.53 bits per heavy atom. The molecule has 1 aromatic rings. The third-order valence-corrected chi connectivity index (χ3v) is 4.37. The predicted octanol–water partition coefficient (Wildman–Crippen LogP) is 1.69.